The van der Waals surface area contributed by atoms with Gasteiger partial charge in [0.05, 0.1) is 0 Å². The van der Waals surface area contributed by atoms with Crippen molar-refractivity contribution in [3.8, 4) is 0 Å². The number of alkyl halides is 1. The standard InChI is InChI=1S/C13H17Br/c14-9-3-4-11-7-8-12-5-1-2-6-13(12)10-11/h7-8,10H,1-6,9H2. The molecule has 0 saturated heterocycles. The van der Waals surface area contributed by atoms with E-state index in [2.05, 4.69) is 34.1 Å². The molecule has 0 saturated carbocycles. The predicted molar refractivity (Wildman–Crippen MR) is 65.2 cm³/mol. The van der Waals surface area contributed by atoms with Crippen LogP contribution in [0.1, 0.15) is 36.0 Å². The van der Waals surface area contributed by atoms with Crippen LogP contribution in [0.15, 0.2) is 18.2 Å². The molecule has 2 rings (SSSR count). The Bertz CT molecular complexity index is 304. The normalized spacial score (nSPS) is 15.2. The Hall–Kier alpha value is -0.300. The molecule has 0 aliphatic heterocycles. The Morgan fingerprint density at radius 3 is 2.64 bits per heavy atom. The van der Waals surface area contributed by atoms with Gasteiger partial charge in [0.2, 0.25) is 0 Å². The van der Waals surface area contributed by atoms with Gasteiger partial charge in [-0.1, -0.05) is 34.1 Å². The number of hydrogen-bond acceptors (Lipinski definition) is 0. The van der Waals surface area contributed by atoms with Crippen molar-refractivity contribution in [2.45, 2.75) is 38.5 Å². The summed E-state index contributed by atoms with van der Waals surface area (Å²) in [7, 11) is 0. The van der Waals surface area contributed by atoms with Gasteiger partial charge in [0.1, 0.15) is 0 Å². The van der Waals surface area contributed by atoms with E-state index in [1.807, 2.05) is 0 Å². The van der Waals surface area contributed by atoms with E-state index in [1.54, 1.807) is 11.1 Å². The van der Waals surface area contributed by atoms with Crippen molar-refractivity contribution in [3.05, 3.63) is 34.9 Å². The molecular weight excluding hydrogens is 236 g/mol. The van der Waals surface area contributed by atoms with E-state index in [1.165, 1.54) is 44.1 Å². The van der Waals surface area contributed by atoms with E-state index in [-0.39, 0.29) is 0 Å². The second-order valence-corrected chi connectivity index (χ2v) is 4.90. The van der Waals surface area contributed by atoms with Crippen molar-refractivity contribution < 1.29 is 0 Å². The molecular formula is C13H17Br. The van der Waals surface area contributed by atoms with Gasteiger partial charge in [-0.2, -0.15) is 0 Å². The first-order valence-corrected chi connectivity index (χ1v) is 6.69. The molecule has 0 unspecified atom stereocenters. The molecule has 0 bridgehead atoms. The summed E-state index contributed by atoms with van der Waals surface area (Å²) in [5.74, 6) is 0. The van der Waals surface area contributed by atoms with Gasteiger partial charge in [0.15, 0.2) is 0 Å². The molecule has 0 heterocycles. The van der Waals surface area contributed by atoms with Gasteiger partial charge in [-0.15, -0.1) is 0 Å². The van der Waals surface area contributed by atoms with Gasteiger partial charge in [0.25, 0.3) is 0 Å². The Morgan fingerprint density at radius 1 is 1.07 bits per heavy atom. The topological polar surface area (TPSA) is 0 Å². The Kier molecular flexibility index (Phi) is 3.63. The molecule has 0 fully saturated rings. The molecule has 0 amide bonds. The maximum atomic E-state index is 3.48. The summed E-state index contributed by atoms with van der Waals surface area (Å²) in [6.07, 6.45) is 7.84. The maximum Gasteiger partial charge on any atom is 0.00344 e. The largest absolute Gasteiger partial charge is 0.0928 e. The quantitative estimate of drug-likeness (QED) is 0.717. The first-order chi connectivity index (χ1) is 6.90. The molecule has 1 aromatic carbocycles. The summed E-state index contributed by atoms with van der Waals surface area (Å²) in [6.45, 7) is 0. The fourth-order valence-corrected chi connectivity index (χ4v) is 2.49. The number of rotatable bonds is 3. The number of benzene rings is 1. The SMILES string of the molecule is BrCCCc1ccc2c(c1)CCCC2. The molecule has 1 aliphatic carbocycles. The van der Waals surface area contributed by atoms with Crippen molar-refractivity contribution in [3.63, 3.8) is 0 Å². The van der Waals surface area contributed by atoms with Crippen LogP contribution in [0.2, 0.25) is 0 Å². The zero-order valence-corrected chi connectivity index (χ0v) is 10.1. The summed E-state index contributed by atoms with van der Waals surface area (Å²) < 4.78 is 0. The third-order valence-electron chi connectivity index (χ3n) is 3.01. The highest BCUT2D eigenvalue weighted by atomic mass is 79.9. The van der Waals surface area contributed by atoms with Gasteiger partial charge >= 0.3 is 0 Å². The van der Waals surface area contributed by atoms with Crippen molar-refractivity contribution in [2.75, 3.05) is 5.33 Å². The lowest BCUT2D eigenvalue weighted by atomic mass is 9.90. The number of fused-ring (bicyclic) bond motifs is 1. The molecule has 1 aliphatic rings. The highest BCUT2D eigenvalue weighted by Gasteiger charge is 2.08. The highest BCUT2D eigenvalue weighted by Crippen LogP contribution is 2.22. The van der Waals surface area contributed by atoms with E-state index < -0.39 is 0 Å². The predicted octanol–water partition coefficient (Wildman–Crippen LogP) is 3.89. The smallest absolute Gasteiger partial charge is 0.00344 e. The zero-order valence-electron chi connectivity index (χ0n) is 8.56. The molecule has 14 heavy (non-hydrogen) atoms. The molecule has 76 valence electrons. The minimum Gasteiger partial charge on any atom is -0.0928 e. The van der Waals surface area contributed by atoms with Crippen LogP contribution in [-0.2, 0) is 19.3 Å². The van der Waals surface area contributed by atoms with E-state index in [9.17, 15) is 0 Å². The molecule has 0 nitrogen and oxygen atoms in total. The average Bonchev–Trinajstić information content (AvgIpc) is 2.26. The molecule has 0 radical (unpaired) electrons. The van der Waals surface area contributed by atoms with Crippen molar-refractivity contribution >= 4 is 15.9 Å². The summed E-state index contributed by atoms with van der Waals surface area (Å²) >= 11 is 3.48. The van der Waals surface area contributed by atoms with Gasteiger partial charge in [-0.05, 0) is 55.2 Å². The van der Waals surface area contributed by atoms with Crippen LogP contribution in [0.3, 0.4) is 0 Å². The molecule has 0 spiro atoms. The van der Waals surface area contributed by atoms with Gasteiger partial charge in [-0.25, -0.2) is 0 Å². The number of halogens is 1. The van der Waals surface area contributed by atoms with Crippen LogP contribution in [0.5, 0.6) is 0 Å². The first kappa shape index (κ1) is 10.2. The molecule has 0 atom stereocenters. The monoisotopic (exact) mass is 252 g/mol. The van der Waals surface area contributed by atoms with Crippen LogP contribution in [0.25, 0.3) is 0 Å². The summed E-state index contributed by atoms with van der Waals surface area (Å²) in [6, 6.07) is 7.09. The van der Waals surface area contributed by atoms with Gasteiger partial charge in [-0.3, -0.25) is 0 Å². The number of aryl methyl sites for hydroxylation is 3. The lowest BCUT2D eigenvalue weighted by Gasteiger charge is -2.16. The van der Waals surface area contributed by atoms with Gasteiger partial charge < -0.3 is 0 Å². The van der Waals surface area contributed by atoms with E-state index in [4.69, 9.17) is 0 Å². The van der Waals surface area contributed by atoms with Crippen molar-refractivity contribution in [1.29, 1.82) is 0 Å². The zero-order chi connectivity index (χ0) is 9.80. The van der Waals surface area contributed by atoms with Gasteiger partial charge in [0, 0.05) is 5.33 Å². The third-order valence-corrected chi connectivity index (χ3v) is 3.57. The third kappa shape index (κ3) is 2.38. The van der Waals surface area contributed by atoms with Crippen LogP contribution in [-0.4, -0.2) is 5.33 Å². The van der Waals surface area contributed by atoms with Crippen molar-refractivity contribution in [1.82, 2.24) is 0 Å². The molecule has 0 aromatic heterocycles. The Morgan fingerprint density at radius 2 is 1.86 bits per heavy atom. The van der Waals surface area contributed by atoms with Crippen LogP contribution in [0, 0.1) is 0 Å². The molecule has 1 aromatic rings. The lowest BCUT2D eigenvalue weighted by molar-refractivity contribution is 0.684. The van der Waals surface area contributed by atoms with E-state index in [0.717, 1.165) is 5.33 Å². The van der Waals surface area contributed by atoms with Crippen LogP contribution >= 0.6 is 15.9 Å². The summed E-state index contributed by atoms with van der Waals surface area (Å²) in [4.78, 5) is 0. The maximum absolute atomic E-state index is 3.48. The average molecular weight is 253 g/mol. The van der Waals surface area contributed by atoms with E-state index >= 15 is 0 Å². The van der Waals surface area contributed by atoms with E-state index in [0.29, 0.717) is 0 Å². The second-order valence-electron chi connectivity index (χ2n) is 4.10. The fourth-order valence-electron chi connectivity index (χ4n) is 2.21. The van der Waals surface area contributed by atoms with Crippen LogP contribution < -0.4 is 0 Å². The minimum atomic E-state index is 1.12. The Labute approximate surface area is 94.8 Å². The number of hydrogen-bond donors (Lipinski definition) is 0. The molecule has 1 heteroatoms. The second kappa shape index (κ2) is 4.97. The minimum absolute atomic E-state index is 1.12. The molecule has 0 N–H and O–H groups in total. The Balaban J connectivity index is 2.12. The van der Waals surface area contributed by atoms with Crippen molar-refractivity contribution in [2.24, 2.45) is 0 Å². The summed E-state index contributed by atoms with van der Waals surface area (Å²) in [5.41, 5.74) is 4.73. The first-order valence-electron chi connectivity index (χ1n) is 5.57. The fraction of sp³-hybridized carbons (Fsp3) is 0.538. The highest BCUT2D eigenvalue weighted by molar-refractivity contribution is 9.09. The van der Waals surface area contributed by atoms with Crippen LogP contribution in [0.4, 0.5) is 0 Å². The lowest BCUT2D eigenvalue weighted by Crippen LogP contribution is -2.03. The summed E-state index contributed by atoms with van der Waals surface area (Å²) in [5, 5.41) is 1.12.